The van der Waals surface area contributed by atoms with Gasteiger partial charge in [0.05, 0.1) is 0 Å². The van der Waals surface area contributed by atoms with Crippen LogP contribution in [0.1, 0.15) is 52.4 Å². The van der Waals surface area contributed by atoms with Crippen LogP contribution in [0, 0.1) is 11.8 Å². The summed E-state index contributed by atoms with van der Waals surface area (Å²) in [5.41, 5.74) is 0. The van der Waals surface area contributed by atoms with Crippen LogP contribution < -0.4 is 5.32 Å². The van der Waals surface area contributed by atoms with Crippen molar-refractivity contribution in [2.24, 2.45) is 11.8 Å². The zero-order valence-electron chi connectivity index (χ0n) is 12.3. The Hall–Kier alpha value is -0.220. The average molecular weight is 277 g/mol. The smallest absolute Gasteiger partial charge is 0.261 e. The highest BCUT2D eigenvalue weighted by Gasteiger charge is 2.25. The van der Waals surface area contributed by atoms with Gasteiger partial charge in [-0.15, -0.1) is 0 Å². The zero-order valence-corrected chi connectivity index (χ0v) is 12.3. The normalized spacial score (nSPS) is 25.7. The Balaban J connectivity index is 2.29. The van der Waals surface area contributed by atoms with E-state index in [9.17, 15) is 8.78 Å². The number of rotatable bonds is 9. The fourth-order valence-electron chi connectivity index (χ4n) is 2.91. The zero-order chi connectivity index (χ0) is 14.1. The molecule has 0 radical (unpaired) electrons. The van der Waals surface area contributed by atoms with Crippen LogP contribution in [-0.4, -0.2) is 32.2 Å². The van der Waals surface area contributed by atoms with Crippen molar-refractivity contribution in [3.63, 3.8) is 0 Å². The molecule has 19 heavy (non-hydrogen) atoms. The monoisotopic (exact) mass is 277 g/mol. The van der Waals surface area contributed by atoms with Crippen molar-refractivity contribution in [3.05, 3.63) is 0 Å². The molecule has 1 N–H and O–H groups in total. The lowest BCUT2D eigenvalue weighted by atomic mass is 9.78. The summed E-state index contributed by atoms with van der Waals surface area (Å²) in [6.07, 6.45) is 4.73. The Morgan fingerprint density at radius 3 is 2.47 bits per heavy atom. The van der Waals surface area contributed by atoms with Gasteiger partial charge >= 0.3 is 0 Å². The van der Waals surface area contributed by atoms with Crippen LogP contribution in [0.2, 0.25) is 0 Å². The first-order valence-corrected chi connectivity index (χ1v) is 7.72. The van der Waals surface area contributed by atoms with E-state index in [1.54, 1.807) is 0 Å². The Morgan fingerprint density at radius 1 is 1.21 bits per heavy atom. The molecule has 1 atom stereocenters. The van der Waals surface area contributed by atoms with E-state index in [-0.39, 0.29) is 0 Å². The van der Waals surface area contributed by atoms with E-state index < -0.39 is 13.0 Å². The molecule has 1 aliphatic carbocycles. The van der Waals surface area contributed by atoms with E-state index in [1.807, 2.05) is 0 Å². The number of ether oxygens (including phenoxy) is 1. The second kappa shape index (κ2) is 9.65. The summed E-state index contributed by atoms with van der Waals surface area (Å²) in [5, 5.41) is 3.57. The molecule has 1 rings (SSSR count). The maximum atomic E-state index is 12.0. The summed E-state index contributed by atoms with van der Waals surface area (Å²) in [5.74, 6) is 1.54. The van der Waals surface area contributed by atoms with Crippen molar-refractivity contribution in [3.8, 4) is 0 Å². The van der Waals surface area contributed by atoms with Gasteiger partial charge in [-0.1, -0.05) is 26.7 Å². The van der Waals surface area contributed by atoms with Crippen molar-refractivity contribution in [1.29, 1.82) is 0 Å². The molecule has 0 saturated heterocycles. The molecule has 1 aliphatic rings. The van der Waals surface area contributed by atoms with Crippen molar-refractivity contribution >= 4 is 0 Å². The maximum Gasteiger partial charge on any atom is 0.261 e. The van der Waals surface area contributed by atoms with Crippen LogP contribution in [0.25, 0.3) is 0 Å². The Kier molecular flexibility index (Phi) is 8.55. The third-order valence-corrected chi connectivity index (χ3v) is 4.10. The van der Waals surface area contributed by atoms with Crippen molar-refractivity contribution < 1.29 is 13.5 Å². The first kappa shape index (κ1) is 16.8. The highest BCUT2D eigenvalue weighted by Crippen LogP contribution is 2.31. The third-order valence-electron chi connectivity index (χ3n) is 4.10. The summed E-state index contributed by atoms with van der Waals surface area (Å²) in [4.78, 5) is 0. The van der Waals surface area contributed by atoms with Crippen molar-refractivity contribution in [1.82, 2.24) is 5.32 Å². The molecular weight excluding hydrogens is 248 g/mol. The molecule has 4 heteroatoms. The predicted octanol–water partition coefficient (Wildman–Crippen LogP) is 3.85. The quantitative estimate of drug-likeness (QED) is 0.646. The largest absolute Gasteiger partial charge is 0.375 e. The minimum Gasteiger partial charge on any atom is -0.375 e. The topological polar surface area (TPSA) is 21.3 Å². The Bertz CT molecular complexity index is 218. The second-order valence-corrected chi connectivity index (χ2v) is 5.84. The first-order chi connectivity index (χ1) is 9.13. The summed E-state index contributed by atoms with van der Waals surface area (Å²) >= 11 is 0. The van der Waals surface area contributed by atoms with Crippen LogP contribution in [0.5, 0.6) is 0 Å². The third kappa shape index (κ3) is 7.21. The van der Waals surface area contributed by atoms with E-state index in [0.29, 0.717) is 18.6 Å². The number of nitrogens with one attached hydrogen (secondary N) is 1. The lowest BCUT2D eigenvalue weighted by molar-refractivity contribution is 0.0118. The van der Waals surface area contributed by atoms with Gasteiger partial charge in [0, 0.05) is 12.6 Å². The highest BCUT2D eigenvalue weighted by atomic mass is 19.3. The fourth-order valence-corrected chi connectivity index (χ4v) is 2.91. The summed E-state index contributed by atoms with van der Waals surface area (Å²) in [7, 11) is 0. The molecular formula is C15H29F2NO. The standard InChI is InChI=1S/C15H29F2NO/c1-3-9-18-14(8-10-19-11-15(16)17)13-6-4-12(2)5-7-13/h12-15,18H,3-11H2,1-2H3. The molecule has 0 heterocycles. The maximum absolute atomic E-state index is 12.0. The molecule has 0 aromatic heterocycles. The lowest BCUT2D eigenvalue weighted by Crippen LogP contribution is -2.39. The van der Waals surface area contributed by atoms with Gasteiger partial charge in [0.2, 0.25) is 0 Å². The molecule has 0 amide bonds. The van der Waals surface area contributed by atoms with Crippen LogP contribution in [0.3, 0.4) is 0 Å². The molecule has 114 valence electrons. The van der Waals surface area contributed by atoms with E-state index in [4.69, 9.17) is 4.74 Å². The minimum absolute atomic E-state index is 0.428. The molecule has 1 unspecified atom stereocenters. The molecule has 0 spiro atoms. The van der Waals surface area contributed by atoms with Crippen molar-refractivity contribution in [2.45, 2.75) is 64.8 Å². The van der Waals surface area contributed by atoms with Gasteiger partial charge in [0.15, 0.2) is 0 Å². The molecule has 0 aliphatic heterocycles. The first-order valence-electron chi connectivity index (χ1n) is 7.72. The average Bonchev–Trinajstić information content (AvgIpc) is 2.39. The molecule has 0 aromatic carbocycles. The van der Waals surface area contributed by atoms with Crippen LogP contribution >= 0.6 is 0 Å². The van der Waals surface area contributed by atoms with Gasteiger partial charge in [-0.2, -0.15) is 0 Å². The second-order valence-electron chi connectivity index (χ2n) is 5.84. The van der Waals surface area contributed by atoms with Crippen LogP contribution in [0.15, 0.2) is 0 Å². The summed E-state index contributed by atoms with van der Waals surface area (Å²) in [6, 6.07) is 0.435. The number of halogens is 2. The van der Waals surface area contributed by atoms with Crippen LogP contribution in [0.4, 0.5) is 8.78 Å². The highest BCUT2D eigenvalue weighted by molar-refractivity contribution is 4.81. The lowest BCUT2D eigenvalue weighted by Gasteiger charge is -2.33. The fraction of sp³-hybridized carbons (Fsp3) is 1.00. The van der Waals surface area contributed by atoms with Gasteiger partial charge in [-0.25, -0.2) is 8.78 Å². The van der Waals surface area contributed by atoms with Gasteiger partial charge < -0.3 is 10.1 Å². The molecule has 2 nitrogen and oxygen atoms in total. The van der Waals surface area contributed by atoms with Crippen molar-refractivity contribution in [2.75, 3.05) is 19.8 Å². The van der Waals surface area contributed by atoms with Gasteiger partial charge in [-0.3, -0.25) is 0 Å². The summed E-state index contributed by atoms with van der Waals surface area (Å²) in [6.45, 7) is 5.49. The molecule has 0 bridgehead atoms. The van der Waals surface area contributed by atoms with Crippen LogP contribution in [-0.2, 0) is 4.74 Å². The van der Waals surface area contributed by atoms with E-state index in [2.05, 4.69) is 19.2 Å². The molecule has 0 aromatic rings. The number of alkyl halides is 2. The number of hydrogen-bond donors (Lipinski definition) is 1. The molecule has 1 saturated carbocycles. The number of hydrogen-bond acceptors (Lipinski definition) is 2. The van der Waals surface area contributed by atoms with Gasteiger partial charge in [0.1, 0.15) is 6.61 Å². The Morgan fingerprint density at radius 2 is 1.89 bits per heavy atom. The predicted molar refractivity (Wildman–Crippen MR) is 74.6 cm³/mol. The van der Waals surface area contributed by atoms with Gasteiger partial charge in [0.25, 0.3) is 6.43 Å². The Labute approximate surface area is 116 Å². The van der Waals surface area contributed by atoms with Gasteiger partial charge in [-0.05, 0) is 44.1 Å². The van der Waals surface area contributed by atoms with E-state index >= 15 is 0 Å². The minimum atomic E-state index is -2.35. The molecule has 1 fully saturated rings. The summed E-state index contributed by atoms with van der Waals surface area (Å²) < 4.78 is 29.1. The SMILES string of the molecule is CCCNC(CCOCC(F)F)C1CCC(C)CC1. The van der Waals surface area contributed by atoms with E-state index in [0.717, 1.165) is 25.3 Å². The van der Waals surface area contributed by atoms with E-state index in [1.165, 1.54) is 25.7 Å².